The SMILES string of the molecule is Clc1cc(Br)c2c(c1)sc1c3ccccc3ccc12. The van der Waals surface area contributed by atoms with Crippen LogP contribution < -0.4 is 0 Å². The number of benzene rings is 3. The molecule has 0 saturated carbocycles. The molecule has 0 aliphatic carbocycles. The molecule has 0 N–H and O–H groups in total. The minimum absolute atomic E-state index is 0.773. The van der Waals surface area contributed by atoms with Crippen LogP contribution in [0.25, 0.3) is 30.9 Å². The Morgan fingerprint density at radius 3 is 2.68 bits per heavy atom. The highest BCUT2D eigenvalue weighted by molar-refractivity contribution is 9.10. The molecule has 0 radical (unpaired) electrons. The molecule has 3 aromatic carbocycles. The summed E-state index contributed by atoms with van der Waals surface area (Å²) in [5.41, 5.74) is 0. The van der Waals surface area contributed by atoms with Gasteiger partial charge < -0.3 is 0 Å². The molecule has 0 amide bonds. The van der Waals surface area contributed by atoms with Crippen molar-refractivity contribution in [3.8, 4) is 0 Å². The van der Waals surface area contributed by atoms with E-state index in [1.165, 1.54) is 30.9 Å². The van der Waals surface area contributed by atoms with Crippen LogP contribution in [-0.2, 0) is 0 Å². The van der Waals surface area contributed by atoms with Gasteiger partial charge >= 0.3 is 0 Å². The lowest BCUT2D eigenvalue weighted by Crippen LogP contribution is -1.73. The fraction of sp³-hybridized carbons (Fsp3) is 0. The van der Waals surface area contributed by atoms with Gasteiger partial charge in [-0.05, 0) is 22.9 Å². The lowest BCUT2D eigenvalue weighted by atomic mass is 10.1. The van der Waals surface area contributed by atoms with Crippen molar-refractivity contribution in [3.63, 3.8) is 0 Å². The normalized spacial score (nSPS) is 11.7. The molecule has 0 bridgehead atoms. The quantitative estimate of drug-likeness (QED) is 0.335. The van der Waals surface area contributed by atoms with Crippen LogP contribution in [0.4, 0.5) is 0 Å². The zero-order chi connectivity index (χ0) is 13.0. The summed E-state index contributed by atoms with van der Waals surface area (Å²) in [4.78, 5) is 0. The second kappa shape index (κ2) is 4.20. The van der Waals surface area contributed by atoms with Crippen LogP contribution in [0.1, 0.15) is 0 Å². The smallest absolute Gasteiger partial charge is 0.0434 e. The van der Waals surface area contributed by atoms with Crippen LogP contribution in [-0.4, -0.2) is 0 Å². The average Bonchev–Trinajstić information content (AvgIpc) is 2.77. The first kappa shape index (κ1) is 11.7. The number of hydrogen-bond donors (Lipinski definition) is 0. The predicted molar refractivity (Wildman–Crippen MR) is 89.5 cm³/mol. The summed E-state index contributed by atoms with van der Waals surface area (Å²) in [6.45, 7) is 0. The van der Waals surface area contributed by atoms with Crippen LogP contribution in [0.15, 0.2) is 53.0 Å². The summed E-state index contributed by atoms with van der Waals surface area (Å²) in [7, 11) is 0. The molecule has 0 saturated heterocycles. The molecule has 3 heteroatoms. The van der Waals surface area contributed by atoms with E-state index in [1.54, 1.807) is 11.3 Å². The van der Waals surface area contributed by atoms with E-state index in [2.05, 4.69) is 52.3 Å². The maximum atomic E-state index is 6.15. The molecule has 4 rings (SSSR count). The minimum Gasteiger partial charge on any atom is -0.134 e. The molecule has 0 nitrogen and oxygen atoms in total. The molecule has 1 heterocycles. The van der Waals surface area contributed by atoms with Gasteiger partial charge in [0.15, 0.2) is 0 Å². The van der Waals surface area contributed by atoms with Crippen molar-refractivity contribution in [2.45, 2.75) is 0 Å². The van der Waals surface area contributed by atoms with Crippen LogP contribution in [0.2, 0.25) is 5.02 Å². The summed E-state index contributed by atoms with van der Waals surface area (Å²) in [5.74, 6) is 0. The lowest BCUT2D eigenvalue weighted by molar-refractivity contribution is 1.78. The maximum absolute atomic E-state index is 6.15. The molecule has 92 valence electrons. The van der Waals surface area contributed by atoms with Gasteiger partial charge in [-0.25, -0.2) is 0 Å². The Morgan fingerprint density at radius 2 is 1.79 bits per heavy atom. The monoisotopic (exact) mass is 346 g/mol. The highest BCUT2D eigenvalue weighted by Gasteiger charge is 2.11. The third-order valence-corrected chi connectivity index (χ3v) is 5.41. The van der Waals surface area contributed by atoms with Crippen molar-refractivity contribution in [1.29, 1.82) is 0 Å². The molecule has 0 fully saturated rings. The number of rotatable bonds is 0. The zero-order valence-corrected chi connectivity index (χ0v) is 12.9. The third-order valence-electron chi connectivity index (χ3n) is 3.38. The first-order valence-electron chi connectivity index (χ1n) is 5.93. The summed E-state index contributed by atoms with van der Waals surface area (Å²) >= 11 is 11.6. The van der Waals surface area contributed by atoms with Gasteiger partial charge in [0.1, 0.15) is 0 Å². The zero-order valence-electron chi connectivity index (χ0n) is 9.78. The van der Waals surface area contributed by atoms with E-state index < -0.39 is 0 Å². The van der Waals surface area contributed by atoms with E-state index in [1.807, 2.05) is 12.1 Å². The minimum atomic E-state index is 0.773. The average molecular weight is 348 g/mol. The van der Waals surface area contributed by atoms with Crippen molar-refractivity contribution in [3.05, 3.63) is 58.0 Å². The van der Waals surface area contributed by atoms with Crippen molar-refractivity contribution >= 4 is 69.8 Å². The molecule has 0 spiro atoms. The number of fused-ring (bicyclic) bond motifs is 5. The van der Waals surface area contributed by atoms with Crippen LogP contribution in [0, 0.1) is 0 Å². The Balaban J connectivity index is 2.31. The maximum Gasteiger partial charge on any atom is 0.0434 e. The highest BCUT2D eigenvalue weighted by atomic mass is 79.9. The fourth-order valence-electron chi connectivity index (χ4n) is 2.55. The summed E-state index contributed by atoms with van der Waals surface area (Å²) in [6, 6.07) is 16.9. The van der Waals surface area contributed by atoms with E-state index in [0.717, 1.165) is 9.50 Å². The first-order valence-corrected chi connectivity index (χ1v) is 7.92. The van der Waals surface area contributed by atoms with Gasteiger partial charge in [-0.2, -0.15) is 0 Å². The van der Waals surface area contributed by atoms with Gasteiger partial charge in [0, 0.05) is 29.7 Å². The second-order valence-corrected chi connectivity index (χ2v) is 6.87. The molecular formula is C16H8BrClS. The van der Waals surface area contributed by atoms with Crippen molar-refractivity contribution in [2.24, 2.45) is 0 Å². The predicted octanol–water partition coefficient (Wildman–Crippen LogP) is 6.62. The topological polar surface area (TPSA) is 0 Å². The molecular weight excluding hydrogens is 340 g/mol. The number of halogens is 2. The molecule has 0 aliphatic heterocycles. The fourth-order valence-corrected chi connectivity index (χ4v) is 5.08. The van der Waals surface area contributed by atoms with E-state index >= 15 is 0 Å². The van der Waals surface area contributed by atoms with Gasteiger partial charge in [0.05, 0.1) is 0 Å². The van der Waals surface area contributed by atoms with Crippen molar-refractivity contribution in [2.75, 3.05) is 0 Å². The molecule has 0 aliphatic rings. The third kappa shape index (κ3) is 1.71. The second-order valence-electron chi connectivity index (χ2n) is 4.53. The first-order chi connectivity index (χ1) is 9.24. The number of thiophene rings is 1. The van der Waals surface area contributed by atoms with Gasteiger partial charge in [-0.3, -0.25) is 0 Å². The van der Waals surface area contributed by atoms with Crippen molar-refractivity contribution in [1.82, 2.24) is 0 Å². The van der Waals surface area contributed by atoms with Gasteiger partial charge in [-0.1, -0.05) is 63.9 Å². The van der Waals surface area contributed by atoms with E-state index in [9.17, 15) is 0 Å². The molecule has 0 unspecified atom stereocenters. The molecule has 0 atom stereocenters. The largest absolute Gasteiger partial charge is 0.134 e. The van der Waals surface area contributed by atoms with Crippen LogP contribution in [0.3, 0.4) is 0 Å². The Bertz CT molecular complexity index is 940. The van der Waals surface area contributed by atoms with Crippen molar-refractivity contribution < 1.29 is 0 Å². The Hall–Kier alpha value is -1.09. The summed E-state index contributed by atoms with van der Waals surface area (Å²) in [6.07, 6.45) is 0. The molecule has 4 aromatic rings. The Morgan fingerprint density at radius 1 is 0.947 bits per heavy atom. The Labute approximate surface area is 127 Å². The molecule has 1 aromatic heterocycles. The van der Waals surface area contributed by atoms with E-state index in [0.29, 0.717) is 0 Å². The summed E-state index contributed by atoms with van der Waals surface area (Å²) < 4.78 is 3.62. The van der Waals surface area contributed by atoms with Gasteiger partial charge in [0.2, 0.25) is 0 Å². The number of hydrogen-bond acceptors (Lipinski definition) is 1. The van der Waals surface area contributed by atoms with E-state index in [-0.39, 0.29) is 0 Å². The highest BCUT2D eigenvalue weighted by Crippen LogP contribution is 2.42. The lowest BCUT2D eigenvalue weighted by Gasteiger charge is -1.99. The van der Waals surface area contributed by atoms with E-state index in [4.69, 9.17) is 11.6 Å². The molecule has 19 heavy (non-hydrogen) atoms. The van der Waals surface area contributed by atoms with Gasteiger partial charge in [0.25, 0.3) is 0 Å². The Kier molecular flexibility index (Phi) is 2.59. The standard InChI is InChI=1S/C16H8BrClS/c17-13-7-10(18)8-14-15(13)12-6-5-9-3-1-2-4-11(9)16(12)19-14/h1-8H. The summed E-state index contributed by atoms with van der Waals surface area (Å²) in [5, 5.41) is 5.92. The van der Waals surface area contributed by atoms with Crippen LogP contribution in [0.5, 0.6) is 0 Å². The van der Waals surface area contributed by atoms with Gasteiger partial charge in [-0.15, -0.1) is 11.3 Å². The van der Waals surface area contributed by atoms with Crippen LogP contribution >= 0.6 is 38.9 Å².